The molecule has 156 valence electrons. The molecular weight excluding hydrogens is 349 g/mol. The van der Waals surface area contributed by atoms with Gasteiger partial charge in [0.1, 0.15) is 6.54 Å². The van der Waals surface area contributed by atoms with Crippen LogP contribution < -0.4 is 4.89 Å². The highest BCUT2D eigenvalue weighted by Crippen LogP contribution is 2.41. The third-order valence-electron chi connectivity index (χ3n) is 5.43. The van der Waals surface area contributed by atoms with Crippen molar-refractivity contribution in [1.82, 2.24) is 0 Å². The first-order valence-electron chi connectivity index (χ1n) is 10.6. The van der Waals surface area contributed by atoms with E-state index < -0.39 is 13.4 Å². The first-order chi connectivity index (χ1) is 12.1. The molecule has 1 N–H and O–H groups in total. The lowest BCUT2D eigenvalue weighted by molar-refractivity contribution is -0.872. The van der Waals surface area contributed by atoms with Gasteiger partial charge in [-0.2, -0.15) is 0 Å². The number of nitrogens with zero attached hydrogens (tertiary/aromatic N) is 1. The van der Waals surface area contributed by atoms with Gasteiger partial charge in [0.2, 0.25) is 0 Å². The van der Waals surface area contributed by atoms with Crippen molar-refractivity contribution < 1.29 is 23.6 Å². The van der Waals surface area contributed by atoms with Crippen LogP contribution in [0.1, 0.15) is 84.0 Å². The summed E-state index contributed by atoms with van der Waals surface area (Å²) in [4.78, 5) is 21.2. The van der Waals surface area contributed by atoms with Crippen LogP contribution >= 0.6 is 7.60 Å². The van der Waals surface area contributed by atoms with Crippen molar-refractivity contribution >= 4 is 7.60 Å². The minimum atomic E-state index is -4.48. The highest BCUT2D eigenvalue weighted by molar-refractivity contribution is 7.50. The van der Waals surface area contributed by atoms with E-state index in [9.17, 15) is 14.4 Å². The van der Waals surface area contributed by atoms with Crippen LogP contribution in [-0.4, -0.2) is 49.0 Å². The van der Waals surface area contributed by atoms with E-state index in [1.807, 2.05) is 21.1 Å². The van der Waals surface area contributed by atoms with Gasteiger partial charge in [0, 0.05) is 0 Å². The second-order valence-electron chi connectivity index (χ2n) is 9.18. The minimum Gasteiger partial charge on any atom is -0.777 e. The molecule has 1 fully saturated rings. The Balaban J connectivity index is 2.24. The summed E-state index contributed by atoms with van der Waals surface area (Å²) in [6.45, 7) is 2.52. The molecule has 1 aliphatic rings. The molecule has 0 spiro atoms. The van der Waals surface area contributed by atoms with Gasteiger partial charge >= 0.3 is 0 Å². The second-order valence-corrected chi connectivity index (χ2v) is 10.9. The highest BCUT2D eigenvalue weighted by atomic mass is 31.2. The van der Waals surface area contributed by atoms with Crippen LogP contribution in [0.25, 0.3) is 0 Å². The molecule has 2 atom stereocenters. The third kappa shape index (κ3) is 11.0. The zero-order valence-electron chi connectivity index (χ0n) is 17.5. The summed E-state index contributed by atoms with van der Waals surface area (Å²) < 4.78 is 17.9. The summed E-state index contributed by atoms with van der Waals surface area (Å²) in [5, 5.41) is 0. The van der Waals surface area contributed by atoms with Crippen LogP contribution in [0.2, 0.25) is 0 Å². The van der Waals surface area contributed by atoms with Gasteiger partial charge in [0.15, 0.2) is 13.4 Å². The van der Waals surface area contributed by atoms with Crippen LogP contribution in [0.3, 0.4) is 0 Å². The van der Waals surface area contributed by atoms with Gasteiger partial charge in [0.05, 0.1) is 27.2 Å². The monoisotopic (exact) mass is 391 g/mol. The van der Waals surface area contributed by atoms with Crippen LogP contribution in [0.5, 0.6) is 0 Å². The number of hydrogen-bond donors (Lipinski definition) is 1. The van der Waals surface area contributed by atoms with Gasteiger partial charge in [-0.1, -0.05) is 58.3 Å². The molecule has 0 aromatic carbocycles. The van der Waals surface area contributed by atoms with E-state index in [0.29, 0.717) is 4.48 Å². The number of ether oxygens (including phenoxy) is 1. The second kappa shape index (κ2) is 11.8. The fraction of sp³-hybridized carbons (Fsp3) is 1.00. The van der Waals surface area contributed by atoms with Crippen LogP contribution in [-0.2, 0) is 9.30 Å². The van der Waals surface area contributed by atoms with E-state index in [0.717, 1.165) is 31.6 Å². The molecule has 6 heteroatoms. The predicted molar refractivity (Wildman–Crippen MR) is 106 cm³/mol. The van der Waals surface area contributed by atoms with E-state index in [1.54, 1.807) is 0 Å². The Kier molecular flexibility index (Phi) is 11.0. The summed E-state index contributed by atoms with van der Waals surface area (Å²) >= 11 is 0. The van der Waals surface area contributed by atoms with E-state index in [-0.39, 0.29) is 12.6 Å². The molecule has 0 radical (unpaired) electrons. The van der Waals surface area contributed by atoms with Crippen LogP contribution in [0.4, 0.5) is 0 Å². The Labute approximate surface area is 161 Å². The topological polar surface area (TPSA) is 69.6 Å². The molecule has 1 aliphatic carbocycles. The molecule has 0 saturated heterocycles. The Morgan fingerprint density at radius 3 is 2.08 bits per heavy atom. The van der Waals surface area contributed by atoms with Crippen molar-refractivity contribution in [2.24, 2.45) is 5.92 Å². The van der Waals surface area contributed by atoms with E-state index in [1.165, 1.54) is 51.4 Å². The molecule has 26 heavy (non-hydrogen) atoms. The van der Waals surface area contributed by atoms with Gasteiger partial charge < -0.3 is 23.6 Å². The Morgan fingerprint density at radius 2 is 1.58 bits per heavy atom. The minimum absolute atomic E-state index is 0.0359. The number of rotatable bonds is 13. The lowest BCUT2D eigenvalue weighted by atomic mass is 9.84. The Morgan fingerprint density at radius 1 is 1.04 bits per heavy atom. The van der Waals surface area contributed by atoms with Crippen molar-refractivity contribution in [1.29, 1.82) is 0 Å². The van der Waals surface area contributed by atoms with E-state index >= 15 is 0 Å². The van der Waals surface area contributed by atoms with Crippen molar-refractivity contribution in [2.75, 3.05) is 27.7 Å². The molecule has 2 unspecified atom stereocenters. The molecule has 0 amide bonds. The van der Waals surface area contributed by atoms with Crippen molar-refractivity contribution in [3.05, 3.63) is 0 Å². The SMILES string of the molecule is CCCCCCCCCC1CCC(OC(C[N+](C)(C)C)P(=O)([O-])O)CC1. The maximum Gasteiger partial charge on any atom is 0.170 e. The summed E-state index contributed by atoms with van der Waals surface area (Å²) in [6.07, 6.45) is 14.8. The average molecular weight is 392 g/mol. The maximum absolute atomic E-state index is 11.7. The quantitative estimate of drug-likeness (QED) is 0.289. The molecule has 0 heterocycles. The number of hydrogen-bond acceptors (Lipinski definition) is 3. The van der Waals surface area contributed by atoms with Crippen LogP contribution in [0, 0.1) is 5.92 Å². The van der Waals surface area contributed by atoms with Crippen LogP contribution in [0.15, 0.2) is 0 Å². The molecule has 1 saturated carbocycles. The van der Waals surface area contributed by atoms with Gasteiger partial charge in [-0.15, -0.1) is 0 Å². The van der Waals surface area contributed by atoms with E-state index in [2.05, 4.69) is 6.92 Å². The summed E-state index contributed by atoms with van der Waals surface area (Å²) in [6, 6.07) is 0. The van der Waals surface area contributed by atoms with E-state index in [4.69, 9.17) is 4.74 Å². The number of quaternary nitrogens is 1. The maximum atomic E-state index is 11.7. The third-order valence-corrected chi connectivity index (χ3v) is 6.44. The Hall–Kier alpha value is 0.0700. The summed E-state index contributed by atoms with van der Waals surface area (Å²) in [5.41, 5.74) is 0. The predicted octanol–water partition coefficient (Wildman–Crippen LogP) is 4.28. The number of unbranched alkanes of at least 4 members (excludes halogenated alkanes) is 6. The van der Waals surface area contributed by atoms with Crippen molar-refractivity contribution in [3.63, 3.8) is 0 Å². The van der Waals surface area contributed by atoms with Crippen molar-refractivity contribution in [3.8, 4) is 0 Å². The molecule has 0 bridgehead atoms. The first kappa shape index (κ1) is 24.1. The molecular formula is C20H42NO4P. The normalized spacial score (nSPS) is 25.0. The lowest BCUT2D eigenvalue weighted by Crippen LogP contribution is -2.45. The largest absolute Gasteiger partial charge is 0.777 e. The average Bonchev–Trinajstić information content (AvgIpc) is 2.53. The van der Waals surface area contributed by atoms with Crippen molar-refractivity contribution in [2.45, 2.75) is 95.9 Å². The lowest BCUT2D eigenvalue weighted by Gasteiger charge is -2.37. The standard InChI is InChI=1S/C20H42NO4P/c1-5-6-7-8-9-10-11-12-18-13-15-19(16-14-18)25-20(26(22,23)24)17-21(2,3)4/h18-20H,5-17H2,1-4H3,(H-,22,23,24). The fourth-order valence-electron chi connectivity index (χ4n) is 3.86. The molecule has 0 aromatic heterocycles. The molecule has 1 rings (SSSR count). The Bertz CT molecular complexity index is 411. The highest BCUT2D eigenvalue weighted by Gasteiger charge is 2.32. The van der Waals surface area contributed by atoms with Gasteiger partial charge in [-0.3, -0.25) is 0 Å². The summed E-state index contributed by atoms with van der Waals surface area (Å²) in [7, 11) is 1.25. The van der Waals surface area contributed by atoms with Gasteiger partial charge in [-0.05, 0) is 31.6 Å². The zero-order chi connectivity index (χ0) is 19.6. The molecule has 5 nitrogen and oxygen atoms in total. The number of likely N-dealkylation sites (N-methyl/N-ethyl adjacent to an activating group) is 1. The first-order valence-corrected chi connectivity index (χ1v) is 12.3. The smallest absolute Gasteiger partial charge is 0.170 e. The molecule has 0 aliphatic heterocycles. The fourth-order valence-corrected chi connectivity index (χ4v) is 4.88. The van der Waals surface area contributed by atoms with Gasteiger partial charge in [-0.25, -0.2) is 0 Å². The summed E-state index contributed by atoms with van der Waals surface area (Å²) in [5.74, 6) is -0.331. The molecule has 0 aromatic rings. The zero-order valence-corrected chi connectivity index (χ0v) is 18.4. The van der Waals surface area contributed by atoms with Gasteiger partial charge in [0.25, 0.3) is 0 Å².